The molecule has 0 saturated carbocycles. The van der Waals surface area contributed by atoms with E-state index in [4.69, 9.17) is 0 Å². The third kappa shape index (κ3) is 7.07. The van der Waals surface area contributed by atoms with Crippen LogP contribution in [0.1, 0.15) is 0 Å². The Hall–Kier alpha value is -2.04. The molecule has 0 spiro atoms. The molecule has 2 amide bonds. The summed E-state index contributed by atoms with van der Waals surface area (Å²) >= 11 is 0. The summed E-state index contributed by atoms with van der Waals surface area (Å²) in [5.41, 5.74) is 4.84. The molecular formula is C10H12BN2O2. The predicted octanol–water partition coefficient (Wildman–Crippen LogP) is 0.873. The molecule has 4 nitrogen and oxygen atoms in total. The highest BCUT2D eigenvalue weighted by Gasteiger charge is 2.04. The van der Waals surface area contributed by atoms with Crippen molar-refractivity contribution in [3.8, 4) is 0 Å². The second-order valence-electron chi connectivity index (χ2n) is 2.39. The number of hydrazine groups is 1. The zero-order chi connectivity index (χ0) is 11.5. The van der Waals surface area contributed by atoms with Crippen LogP contribution in [0.2, 0.25) is 0 Å². The highest BCUT2D eigenvalue weighted by atomic mass is 16.2. The van der Waals surface area contributed by atoms with Crippen molar-refractivity contribution >= 4 is 19.5 Å². The summed E-state index contributed by atoms with van der Waals surface area (Å²) in [5.74, 6) is -0.427. The molecule has 1 radical (unpaired) electrons. The maximum Gasteiger partial charge on any atom is 0.273 e. The van der Waals surface area contributed by atoms with Crippen molar-refractivity contribution in [2.75, 3.05) is 0 Å². The van der Waals surface area contributed by atoms with Gasteiger partial charge in [-0.05, 0) is 0 Å². The first-order chi connectivity index (χ1) is 7.24. The zero-order valence-electron chi connectivity index (χ0n) is 8.27. The average molecular weight is 203 g/mol. The molecule has 15 heavy (non-hydrogen) atoms. The number of allylic oxidation sites excluding steroid dienone is 6. The van der Waals surface area contributed by atoms with E-state index in [-0.39, 0.29) is 0 Å². The lowest BCUT2D eigenvalue weighted by atomic mass is 9.68. The van der Waals surface area contributed by atoms with Crippen molar-refractivity contribution in [2.45, 2.75) is 0 Å². The molecule has 0 fully saturated rings. The third-order valence-corrected chi connectivity index (χ3v) is 1.29. The lowest BCUT2D eigenvalue weighted by Crippen LogP contribution is -2.38. The molecule has 77 valence electrons. The van der Waals surface area contributed by atoms with Crippen LogP contribution in [0.3, 0.4) is 0 Å². The molecule has 0 saturated heterocycles. The van der Waals surface area contributed by atoms with Crippen LogP contribution >= 0.6 is 0 Å². The lowest BCUT2D eigenvalue weighted by molar-refractivity contribution is -0.110. The highest BCUT2D eigenvalue weighted by molar-refractivity contribution is 6.79. The van der Waals surface area contributed by atoms with Gasteiger partial charge in [0.05, 0.1) is 0 Å². The molecule has 5 heteroatoms. The van der Waals surface area contributed by atoms with Crippen molar-refractivity contribution in [1.82, 2.24) is 10.9 Å². The van der Waals surface area contributed by atoms with E-state index in [2.05, 4.69) is 18.6 Å². The molecule has 0 aliphatic heterocycles. The second kappa shape index (κ2) is 8.56. The molecular weight excluding hydrogens is 191 g/mol. The molecule has 0 aromatic carbocycles. The van der Waals surface area contributed by atoms with Crippen molar-refractivity contribution in [3.63, 3.8) is 0 Å². The fourth-order valence-corrected chi connectivity index (χ4v) is 0.755. The Morgan fingerprint density at radius 3 is 2.53 bits per heavy atom. The first kappa shape index (κ1) is 13.0. The normalized spacial score (nSPS) is 10.5. The zero-order valence-corrected chi connectivity index (χ0v) is 8.27. The summed E-state index contributed by atoms with van der Waals surface area (Å²) in [5, 5.41) is 0. The van der Waals surface area contributed by atoms with Gasteiger partial charge in [0.25, 0.3) is 7.28 Å². The lowest BCUT2D eigenvalue weighted by Gasteiger charge is -2.01. The number of amides is 2. The number of hydrogen-bond donors (Lipinski definition) is 2. The first-order valence-electron chi connectivity index (χ1n) is 4.20. The van der Waals surface area contributed by atoms with Gasteiger partial charge in [0.15, 0.2) is 5.81 Å². The number of hydrogen-bond acceptors (Lipinski definition) is 2. The van der Waals surface area contributed by atoms with E-state index < -0.39 is 5.81 Å². The van der Waals surface area contributed by atoms with Crippen LogP contribution in [-0.4, -0.2) is 19.5 Å². The average Bonchev–Trinajstić information content (AvgIpc) is 2.23. The first-order valence-corrected chi connectivity index (χ1v) is 4.20. The van der Waals surface area contributed by atoms with Crippen LogP contribution in [0.4, 0.5) is 4.79 Å². The van der Waals surface area contributed by atoms with E-state index in [1.165, 1.54) is 7.28 Å². The fraction of sp³-hybridized carbons (Fsp3) is 0. The molecule has 0 unspecified atom stereocenters. The summed E-state index contributed by atoms with van der Waals surface area (Å²) in [6.07, 6.45) is 8.55. The van der Waals surface area contributed by atoms with Crippen LogP contribution < -0.4 is 10.9 Å². The molecule has 0 aromatic heterocycles. The second-order valence-corrected chi connectivity index (χ2v) is 2.39. The summed E-state index contributed by atoms with van der Waals surface area (Å²) in [4.78, 5) is 21.0. The Balaban J connectivity index is 4.28. The van der Waals surface area contributed by atoms with Crippen LogP contribution in [0, 0.1) is 0 Å². The Bertz CT molecular complexity index is 309. The number of nitrogens with one attached hydrogen (secondary N) is 2. The molecule has 0 rings (SSSR count). The highest BCUT2D eigenvalue weighted by Crippen LogP contribution is 1.96. The van der Waals surface area contributed by atoms with Crippen LogP contribution in [-0.2, 0) is 4.79 Å². The van der Waals surface area contributed by atoms with Gasteiger partial charge in [0.2, 0.25) is 6.41 Å². The number of rotatable bonds is 7. The van der Waals surface area contributed by atoms with Crippen molar-refractivity contribution in [3.05, 3.63) is 49.0 Å². The fourth-order valence-electron chi connectivity index (χ4n) is 0.755. The standard InChI is InChI=1S/C10H12BN2O2/c1-3-5-7-9(6-4-2)11-10(15)13-12-8-14/h3-8H,1-2H2,(H,12,14)(H,13,15)/b7-5-,9-6+. The Kier molecular flexibility index (Phi) is 7.40. The third-order valence-electron chi connectivity index (χ3n) is 1.29. The van der Waals surface area contributed by atoms with Gasteiger partial charge in [-0.3, -0.25) is 20.4 Å². The van der Waals surface area contributed by atoms with Gasteiger partial charge in [0, 0.05) is 0 Å². The summed E-state index contributed by atoms with van der Waals surface area (Å²) in [6.45, 7) is 7.03. The number of carbonyl (C=O) groups is 2. The van der Waals surface area contributed by atoms with E-state index in [1.54, 1.807) is 30.4 Å². The van der Waals surface area contributed by atoms with E-state index in [9.17, 15) is 9.59 Å². The minimum Gasteiger partial charge on any atom is -0.286 e. The molecule has 2 N–H and O–H groups in total. The van der Waals surface area contributed by atoms with Crippen molar-refractivity contribution in [2.24, 2.45) is 0 Å². The van der Waals surface area contributed by atoms with Gasteiger partial charge < -0.3 is 0 Å². The SMILES string of the molecule is C=C/C=C\C([B]C(=O)NNC=O)=C/C=C. The van der Waals surface area contributed by atoms with E-state index in [0.29, 0.717) is 11.9 Å². The van der Waals surface area contributed by atoms with Gasteiger partial charge >= 0.3 is 0 Å². The van der Waals surface area contributed by atoms with Gasteiger partial charge in [-0.15, -0.1) is 0 Å². The van der Waals surface area contributed by atoms with Crippen LogP contribution in [0.5, 0.6) is 0 Å². The topological polar surface area (TPSA) is 58.2 Å². The number of carbonyl (C=O) groups excluding carboxylic acids is 2. The van der Waals surface area contributed by atoms with E-state index in [0.717, 1.165) is 0 Å². The minimum atomic E-state index is -0.427. The minimum absolute atomic E-state index is 0.377. The molecule has 0 aromatic rings. The Labute approximate surface area is 89.6 Å². The quantitative estimate of drug-likeness (QED) is 0.279. The predicted molar refractivity (Wildman–Crippen MR) is 61.1 cm³/mol. The molecule has 0 aliphatic rings. The van der Waals surface area contributed by atoms with E-state index >= 15 is 0 Å². The maximum absolute atomic E-state index is 11.1. The Morgan fingerprint density at radius 1 is 1.27 bits per heavy atom. The van der Waals surface area contributed by atoms with E-state index in [1.807, 2.05) is 5.43 Å². The summed E-state index contributed by atoms with van der Waals surface area (Å²) in [6, 6.07) is 0. The van der Waals surface area contributed by atoms with Crippen molar-refractivity contribution in [1.29, 1.82) is 0 Å². The van der Waals surface area contributed by atoms with Gasteiger partial charge in [0.1, 0.15) is 0 Å². The molecule has 0 heterocycles. The van der Waals surface area contributed by atoms with Gasteiger partial charge in [-0.1, -0.05) is 49.0 Å². The van der Waals surface area contributed by atoms with Gasteiger partial charge in [-0.2, -0.15) is 0 Å². The van der Waals surface area contributed by atoms with Crippen molar-refractivity contribution < 1.29 is 9.59 Å². The van der Waals surface area contributed by atoms with Gasteiger partial charge in [-0.25, -0.2) is 0 Å². The largest absolute Gasteiger partial charge is 0.286 e. The smallest absolute Gasteiger partial charge is 0.273 e. The summed E-state index contributed by atoms with van der Waals surface area (Å²) in [7, 11) is 1.32. The monoisotopic (exact) mass is 203 g/mol. The molecule has 0 bridgehead atoms. The molecule has 0 aliphatic carbocycles. The molecule has 0 atom stereocenters. The Morgan fingerprint density at radius 2 is 2.00 bits per heavy atom. The van der Waals surface area contributed by atoms with Crippen LogP contribution in [0.25, 0.3) is 0 Å². The van der Waals surface area contributed by atoms with Crippen LogP contribution in [0.15, 0.2) is 49.0 Å². The summed E-state index contributed by atoms with van der Waals surface area (Å²) < 4.78 is 0. The maximum atomic E-state index is 11.1.